The molecule has 22 heavy (non-hydrogen) atoms. The van der Waals surface area contributed by atoms with Gasteiger partial charge in [0.15, 0.2) is 5.13 Å². The van der Waals surface area contributed by atoms with Crippen LogP contribution in [0.3, 0.4) is 0 Å². The van der Waals surface area contributed by atoms with Crippen molar-refractivity contribution < 1.29 is 9.59 Å². The molecular weight excluding hydrogens is 320 g/mol. The van der Waals surface area contributed by atoms with Gasteiger partial charge in [0.25, 0.3) is 5.91 Å². The van der Waals surface area contributed by atoms with E-state index in [-0.39, 0.29) is 11.8 Å². The summed E-state index contributed by atoms with van der Waals surface area (Å²) in [5.74, 6) is -0.277. The van der Waals surface area contributed by atoms with Crippen molar-refractivity contribution in [3.63, 3.8) is 0 Å². The SMILES string of the molecule is CN(C)c1nc2sc(C(=O)N[C@@H]3CCCCNC3=O)cc2s1. The van der Waals surface area contributed by atoms with E-state index in [1.807, 2.05) is 25.1 Å². The third-order valence-electron chi connectivity index (χ3n) is 3.53. The zero-order chi connectivity index (χ0) is 15.7. The number of thiophene rings is 1. The van der Waals surface area contributed by atoms with Gasteiger partial charge in [0, 0.05) is 20.6 Å². The number of amides is 2. The van der Waals surface area contributed by atoms with E-state index < -0.39 is 6.04 Å². The Morgan fingerprint density at radius 1 is 1.41 bits per heavy atom. The lowest BCUT2D eigenvalue weighted by Gasteiger charge is -2.14. The van der Waals surface area contributed by atoms with Crippen LogP contribution in [0, 0.1) is 0 Å². The number of hydrogen-bond acceptors (Lipinski definition) is 6. The second kappa shape index (κ2) is 6.21. The zero-order valence-corrected chi connectivity index (χ0v) is 14.1. The number of carbonyl (C=O) groups excluding carboxylic acids is 2. The van der Waals surface area contributed by atoms with Crippen LogP contribution in [0.1, 0.15) is 28.9 Å². The van der Waals surface area contributed by atoms with Crippen molar-refractivity contribution in [2.45, 2.75) is 25.3 Å². The fraction of sp³-hybridized carbons (Fsp3) is 0.500. The molecule has 1 aliphatic rings. The Kier molecular flexibility index (Phi) is 4.30. The molecule has 1 saturated heterocycles. The first kappa shape index (κ1) is 15.2. The number of thiazole rings is 1. The molecule has 2 aromatic heterocycles. The van der Waals surface area contributed by atoms with E-state index in [2.05, 4.69) is 15.6 Å². The molecular formula is C14H18N4O2S2. The smallest absolute Gasteiger partial charge is 0.262 e. The predicted molar refractivity (Wildman–Crippen MR) is 89.9 cm³/mol. The number of nitrogens with one attached hydrogen (secondary N) is 2. The van der Waals surface area contributed by atoms with Gasteiger partial charge in [-0.2, -0.15) is 0 Å². The Morgan fingerprint density at radius 2 is 2.23 bits per heavy atom. The highest BCUT2D eigenvalue weighted by Gasteiger charge is 2.24. The number of aromatic nitrogens is 1. The summed E-state index contributed by atoms with van der Waals surface area (Å²) < 4.78 is 1.00. The van der Waals surface area contributed by atoms with Crippen LogP contribution in [-0.2, 0) is 4.79 Å². The molecule has 0 aromatic carbocycles. The van der Waals surface area contributed by atoms with Crippen molar-refractivity contribution in [1.29, 1.82) is 0 Å². The third kappa shape index (κ3) is 3.07. The normalized spacial score (nSPS) is 18.8. The number of hydrogen-bond donors (Lipinski definition) is 2. The summed E-state index contributed by atoms with van der Waals surface area (Å²) in [5, 5.41) is 6.59. The van der Waals surface area contributed by atoms with Crippen LogP contribution in [0.4, 0.5) is 5.13 Å². The number of nitrogens with zero attached hydrogens (tertiary/aromatic N) is 2. The van der Waals surface area contributed by atoms with Crippen LogP contribution in [0.5, 0.6) is 0 Å². The fourth-order valence-electron chi connectivity index (χ4n) is 2.33. The van der Waals surface area contributed by atoms with Crippen molar-refractivity contribution in [1.82, 2.24) is 15.6 Å². The zero-order valence-electron chi connectivity index (χ0n) is 12.5. The summed E-state index contributed by atoms with van der Waals surface area (Å²) in [4.78, 5) is 32.1. The molecule has 0 radical (unpaired) electrons. The maximum absolute atomic E-state index is 12.3. The number of carbonyl (C=O) groups is 2. The molecule has 3 heterocycles. The third-order valence-corrected chi connectivity index (χ3v) is 5.85. The van der Waals surface area contributed by atoms with Crippen molar-refractivity contribution >= 4 is 49.1 Å². The van der Waals surface area contributed by atoms with Gasteiger partial charge in [0.1, 0.15) is 10.9 Å². The number of rotatable bonds is 3. The molecule has 0 spiro atoms. The lowest BCUT2D eigenvalue weighted by atomic mass is 10.1. The Labute approximate surface area is 136 Å². The monoisotopic (exact) mass is 338 g/mol. The topological polar surface area (TPSA) is 74.3 Å². The molecule has 1 aliphatic heterocycles. The lowest BCUT2D eigenvalue weighted by Crippen LogP contribution is -2.45. The van der Waals surface area contributed by atoms with Crippen LogP contribution >= 0.6 is 22.7 Å². The van der Waals surface area contributed by atoms with Gasteiger partial charge in [-0.1, -0.05) is 11.3 Å². The molecule has 118 valence electrons. The molecule has 1 fully saturated rings. The largest absolute Gasteiger partial charge is 0.354 e. The Morgan fingerprint density at radius 3 is 2.95 bits per heavy atom. The predicted octanol–water partition coefficient (Wildman–Crippen LogP) is 1.82. The molecule has 2 aromatic rings. The van der Waals surface area contributed by atoms with E-state index in [4.69, 9.17) is 0 Å². The van der Waals surface area contributed by atoms with Gasteiger partial charge >= 0.3 is 0 Å². The maximum atomic E-state index is 12.3. The van der Waals surface area contributed by atoms with Crippen molar-refractivity contribution in [2.75, 3.05) is 25.5 Å². The van der Waals surface area contributed by atoms with E-state index >= 15 is 0 Å². The average molecular weight is 338 g/mol. The summed E-state index contributed by atoms with van der Waals surface area (Å²) in [7, 11) is 3.89. The number of fused-ring (bicyclic) bond motifs is 1. The van der Waals surface area contributed by atoms with Crippen molar-refractivity contribution in [2.24, 2.45) is 0 Å². The first-order valence-corrected chi connectivity index (χ1v) is 8.84. The molecule has 2 N–H and O–H groups in total. The quantitative estimate of drug-likeness (QED) is 0.895. The number of anilines is 1. The summed E-state index contributed by atoms with van der Waals surface area (Å²) in [6.07, 6.45) is 2.60. The highest BCUT2D eigenvalue weighted by molar-refractivity contribution is 7.29. The standard InChI is InChI=1S/C14H18N4O2S2/c1-18(2)14-17-13-10(22-14)7-9(21-13)12(20)16-8-5-3-4-6-15-11(8)19/h7-8H,3-6H2,1-2H3,(H,15,19)(H,16,20)/t8-/m1/s1. The van der Waals surface area contributed by atoms with Gasteiger partial charge in [-0.3, -0.25) is 9.59 Å². The van der Waals surface area contributed by atoms with Crippen LogP contribution in [0.25, 0.3) is 9.53 Å². The highest BCUT2D eigenvalue weighted by Crippen LogP contribution is 2.33. The molecule has 6 nitrogen and oxygen atoms in total. The van der Waals surface area contributed by atoms with Gasteiger partial charge < -0.3 is 15.5 Å². The van der Waals surface area contributed by atoms with E-state index in [9.17, 15) is 9.59 Å². The Hall–Kier alpha value is -1.67. The van der Waals surface area contributed by atoms with Crippen LogP contribution < -0.4 is 15.5 Å². The summed E-state index contributed by atoms with van der Waals surface area (Å²) in [6.45, 7) is 0.692. The first-order valence-electron chi connectivity index (χ1n) is 7.21. The summed E-state index contributed by atoms with van der Waals surface area (Å²) in [6, 6.07) is 1.43. The Bertz CT molecular complexity index is 675. The molecule has 0 saturated carbocycles. The Balaban J connectivity index is 1.74. The van der Waals surface area contributed by atoms with Crippen molar-refractivity contribution in [3.05, 3.63) is 10.9 Å². The molecule has 1 atom stereocenters. The van der Waals surface area contributed by atoms with Crippen LogP contribution in [0.2, 0.25) is 0 Å². The van der Waals surface area contributed by atoms with E-state index in [0.717, 1.165) is 27.5 Å². The van der Waals surface area contributed by atoms with Crippen LogP contribution in [-0.4, -0.2) is 43.5 Å². The van der Waals surface area contributed by atoms with E-state index in [1.165, 1.54) is 11.3 Å². The van der Waals surface area contributed by atoms with Gasteiger partial charge in [-0.05, 0) is 25.3 Å². The minimum atomic E-state index is -0.430. The maximum Gasteiger partial charge on any atom is 0.262 e. The van der Waals surface area contributed by atoms with E-state index in [1.54, 1.807) is 11.3 Å². The van der Waals surface area contributed by atoms with E-state index in [0.29, 0.717) is 17.8 Å². The second-order valence-corrected chi connectivity index (χ2v) is 7.52. The minimum Gasteiger partial charge on any atom is -0.354 e. The van der Waals surface area contributed by atoms with Gasteiger partial charge in [0.05, 0.1) is 9.58 Å². The molecule has 0 unspecified atom stereocenters. The fourth-order valence-corrected chi connectivity index (χ4v) is 4.37. The van der Waals surface area contributed by atoms with Crippen molar-refractivity contribution in [3.8, 4) is 0 Å². The summed E-state index contributed by atoms with van der Waals surface area (Å²) >= 11 is 2.93. The minimum absolute atomic E-state index is 0.0859. The van der Waals surface area contributed by atoms with Gasteiger partial charge in [0.2, 0.25) is 5.91 Å². The van der Waals surface area contributed by atoms with Crippen LogP contribution in [0.15, 0.2) is 6.07 Å². The second-order valence-electron chi connectivity index (χ2n) is 5.48. The molecule has 8 heteroatoms. The molecule has 3 rings (SSSR count). The molecule has 0 bridgehead atoms. The average Bonchev–Trinajstić information content (AvgIpc) is 2.97. The lowest BCUT2D eigenvalue weighted by molar-refractivity contribution is -0.122. The van der Waals surface area contributed by atoms with Gasteiger partial charge in [-0.15, -0.1) is 11.3 Å². The highest BCUT2D eigenvalue weighted by atomic mass is 32.1. The molecule has 0 aliphatic carbocycles. The summed E-state index contributed by atoms with van der Waals surface area (Å²) in [5.41, 5.74) is 0. The van der Waals surface area contributed by atoms with Gasteiger partial charge in [-0.25, -0.2) is 4.98 Å². The molecule has 2 amide bonds. The first-order chi connectivity index (χ1) is 10.5.